The average Bonchev–Trinajstić information content (AvgIpc) is 2.99. The molecular weight excluding hydrogens is 365 g/mol. The summed E-state index contributed by atoms with van der Waals surface area (Å²) in [6.07, 6.45) is 0. The number of nitrogens with two attached hydrogens (primary N) is 1. The lowest BCUT2D eigenvalue weighted by Crippen LogP contribution is -2.24. The summed E-state index contributed by atoms with van der Waals surface area (Å²) >= 11 is 1.20. The molecule has 0 bridgehead atoms. The number of benzene rings is 2. The average molecular weight is 385 g/mol. The van der Waals surface area contributed by atoms with Crippen molar-refractivity contribution in [1.82, 2.24) is 14.9 Å². The lowest BCUT2D eigenvalue weighted by Gasteiger charge is -2.13. The molecule has 0 fully saturated rings. The van der Waals surface area contributed by atoms with Crippen LogP contribution >= 0.6 is 11.8 Å². The number of anilines is 1. The summed E-state index contributed by atoms with van der Waals surface area (Å²) in [7, 11) is 0. The molecule has 8 heteroatoms. The maximum atomic E-state index is 13.1. The van der Waals surface area contributed by atoms with E-state index in [0.29, 0.717) is 16.5 Å². The molecule has 0 aliphatic rings. The van der Waals surface area contributed by atoms with E-state index in [4.69, 9.17) is 5.84 Å². The van der Waals surface area contributed by atoms with Crippen molar-refractivity contribution in [2.45, 2.75) is 31.2 Å². The first-order valence-electron chi connectivity index (χ1n) is 8.36. The Labute approximate surface area is 161 Å². The highest BCUT2D eigenvalue weighted by atomic mass is 32.2. The Kier molecular flexibility index (Phi) is 5.46. The Balaban J connectivity index is 1.72. The van der Waals surface area contributed by atoms with Crippen molar-refractivity contribution in [3.63, 3.8) is 0 Å². The number of aromatic nitrogens is 3. The standard InChI is InChI=1S/C19H20FN5OS/c1-11-4-5-12(2)16(10-11)22-18(26)13(3)27-19-24-23-17(25(19)21)14-6-8-15(20)9-7-14/h4-10,13H,21H2,1-3H3,(H,22,26)/t13-/m1/s1. The molecule has 2 aromatic carbocycles. The Morgan fingerprint density at radius 3 is 2.59 bits per heavy atom. The number of nitrogen functional groups attached to an aromatic ring is 1. The van der Waals surface area contributed by atoms with Gasteiger partial charge in [-0.3, -0.25) is 4.79 Å². The van der Waals surface area contributed by atoms with Crippen molar-refractivity contribution >= 4 is 23.4 Å². The van der Waals surface area contributed by atoms with E-state index in [9.17, 15) is 9.18 Å². The van der Waals surface area contributed by atoms with Gasteiger partial charge in [0.15, 0.2) is 5.82 Å². The van der Waals surface area contributed by atoms with E-state index >= 15 is 0 Å². The number of halogens is 1. The van der Waals surface area contributed by atoms with Crippen LogP contribution in [-0.2, 0) is 4.79 Å². The Hall–Kier alpha value is -2.87. The van der Waals surface area contributed by atoms with E-state index < -0.39 is 5.25 Å². The van der Waals surface area contributed by atoms with Crippen LogP contribution in [0.1, 0.15) is 18.1 Å². The van der Waals surface area contributed by atoms with Crippen LogP contribution in [0.15, 0.2) is 47.6 Å². The molecular formula is C19H20FN5OS. The molecule has 0 radical (unpaired) electrons. The summed E-state index contributed by atoms with van der Waals surface area (Å²) in [5.41, 5.74) is 3.49. The Bertz CT molecular complexity index is 971. The molecule has 0 saturated carbocycles. The minimum absolute atomic E-state index is 0.153. The van der Waals surface area contributed by atoms with Crippen LogP contribution in [0.4, 0.5) is 10.1 Å². The zero-order chi connectivity index (χ0) is 19.6. The fourth-order valence-corrected chi connectivity index (χ4v) is 3.24. The highest BCUT2D eigenvalue weighted by molar-refractivity contribution is 8.00. The highest BCUT2D eigenvalue weighted by Gasteiger charge is 2.20. The molecule has 27 heavy (non-hydrogen) atoms. The monoisotopic (exact) mass is 385 g/mol. The number of rotatable bonds is 5. The molecule has 3 N–H and O–H groups in total. The van der Waals surface area contributed by atoms with Gasteiger partial charge in [0.1, 0.15) is 5.82 Å². The highest BCUT2D eigenvalue weighted by Crippen LogP contribution is 2.26. The van der Waals surface area contributed by atoms with Crippen LogP contribution in [0.3, 0.4) is 0 Å². The van der Waals surface area contributed by atoms with Crippen molar-refractivity contribution < 1.29 is 9.18 Å². The van der Waals surface area contributed by atoms with Gasteiger partial charge in [-0.1, -0.05) is 23.9 Å². The second kappa shape index (κ2) is 7.79. The molecule has 1 amide bonds. The van der Waals surface area contributed by atoms with Gasteiger partial charge in [-0.25, -0.2) is 9.07 Å². The summed E-state index contributed by atoms with van der Waals surface area (Å²) in [5, 5.41) is 11.0. The van der Waals surface area contributed by atoms with E-state index in [2.05, 4.69) is 15.5 Å². The smallest absolute Gasteiger partial charge is 0.237 e. The minimum Gasteiger partial charge on any atom is -0.335 e. The lowest BCUT2D eigenvalue weighted by atomic mass is 10.1. The first-order chi connectivity index (χ1) is 12.8. The summed E-state index contributed by atoms with van der Waals surface area (Å²) in [6, 6.07) is 11.7. The van der Waals surface area contributed by atoms with Crippen molar-refractivity contribution in [3.05, 3.63) is 59.4 Å². The van der Waals surface area contributed by atoms with E-state index in [0.717, 1.165) is 16.8 Å². The van der Waals surface area contributed by atoms with Gasteiger partial charge in [-0.15, -0.1) is 10.2 Å². The molecule has 0 spiro atoms. The molecule has 3 rings (SSSR count). The van der Waals surface area contributed by atoms with Crippen molar-refractivity contribution in [2.75, 3.05) is 11.2 Å². The van der Waals surface area contributed by atoms with Crippen LogP contribution in [0.5, 0.6) is 0 Å². The van der Waals surface area contributed by atoms with Crippen LogP contribution in [0.2, 0.25) is 0 Å². The van der Waals surface area contributed by atoms with Gasteiger partial charge in [0.2, 0.25) is 11.1 Å². The predicted molar refractivity (Wildman–Crippen MR) is 105 cm³/mol. The van der Waals surface area contributed by atoms with Gasteiger partial charge in [0.25, 0.3) is 0 Å². The summed E-state index contributed by atoms with van der Waals surface area (Å²) in [6.45, 7) is 5.69. The number of nitrogens with one attached hydrogen (secondary N) is 1. The number of hydrogen-bond acceptors (Lipinski definition) is 5. The molecule has 1 atom stereocenters. The van der Waals surface area contributed by atoms with Crippen LogP contribution < -0.4 is 11.2 Å². The predicted octanol–water partition coefficient (Wildman–Crippen LogP) is 3.53. The lowest BCUT2D eigenvalue weighted by molar-refractivity contribution is -0.115. The fraction of sp³-hybridized carbons (Fsp3) is 0.211. The van der Waals surface area contributed by atoms with Crippen LogP contribution in [0, 0.1) is 19.7 Å². The number of carbonyl (C=O) groups is 1. The van der Waals surface area contributed by atoms with E-state index in [1.54, 1.807) is 19.1 Å². The normalized spacial score (nSPS) is 12.0. The van der Waals surface area contributed by atoms with Crippen LogP contribution in [0.25, 0.3) is 11.4 Å². The molecule has 0 saturated heterocycles. The minimum atomic E-state index is -0.433. The first kappa shape index (κ1) is 18.9. The molecule has 0 unspecified atom stereocenters. The molecule has 1 aromatic heterocycles. The van der Waals surface area contributed by atoms with E-state index in [1.165, 1.54) is 28.6 Å². The number of aryl methyl sites for hydroxylation is 2. The second-order valence-electron chi connectivity index (χ2n) is 6.25. The Morgan fingerprint density at radius 1 is 1.19 bits per heavy atom. The zero-order valence-electron chi connectivity index (χ0n) is 15.2. The molecule has 6 nitrogen and oxygen atoms in total. The SMILES string of the molecule is Cc1ccc(C)c(NC(=O)[C@@H](C)Sc2nnc(-c3ccc(F)cc3)n2N)c1. The first-order valence-corrected chi connectivity index (χ1v) is 9.24. The molecule has 140 valence electrons. The molecule has 3 aromatic rings. The quantitative estimate of drug-likeness (QED) is 0.518. The third-order valence-corrected chi connectivity index (χ3v) is 5.13. The van der Waals surface area contributed by atoms with E-state index in [-0.39, 0.29) is 11.7 Å². The number of amides is 1. The third-order valence-electron chi connectivity index (χ3n) is 4.07. The number of hydrogen-bond donors (Lipinski definition) is 2. The third kappa shape index (κ3) is 4.28. The topological polar surface area (TPSA) is 85.8 Å². The van der Waals surface area contributed by atoms with Crippen molar-refractivity contribution in [3.8, 4) is 11.4 Å². The maximum Gasteiger partial charge on any atom is 0.237 e. The number of thioether (sulfide) groups is 1. The van der Waals surface area contributed by atoms with Gasteiger partial charge in [0, 0.05) is 11.3 Å². The summed E-state index contributed by atoms with van der Waals surface area (Å²) in [4.78, 5) is 12.5. The van der Waals surface area contributed by atoms with E-state index in [1.807, 2.05) is 32.0 Å². The van der Waals surface area contributed by atoms with Gasteiger partial charge in [-0.05, 0) is 62.2 Å². The number of carbonyl (C=O) groups excluding carboxylic acids is 1. The van der Waals surface area contributed by atoms with Crippen molar-refractivity contribution in [1.29, 1.82) is 0 Å². The number of nitrogens with zero attached hydrogens (tertiary/aromatic N) is 3. The van der Waals surface area contributed by atoms with Crippen molar-refractivity contribution in [2.24, 2.45) is 0 Å². The Morgan fingerprint density at radius 2 is 1.89 bits per heavy atom. The van der Waals surface area contributed by atoms with Gasteiger partial charge < -0.3 is 11.2 Å². The maximum absolute atomic E-state index is 13.1. The summed E-state index contributed by atoms with van der Waals surface area (Å²) < 4.78 is 14.4. The van der Waals surface area contributed by atoms with Gasteiger partial charge in [-0.2, -0.15) is 0 Å². The largest absolute Gasteiger partial charge is 0.335 e. The zero-order valence-corrected chi connectivity index (χ0v) is 16.0. The molecule has 0 aliphatic heterocycles. The second-order valence-corrected chi connectivity index (χ2v) is 7.56. The summed E-state index contributed by atoms with van der Waals surface area (Å²) in [5.74, 6) is 5.97. The molecule has 1 heterocycles. The molecule has 0 aliphatic carbocycles. The van der Waals surface area contributed by atoms with Gasteiger partial charge in [0.05, 0.1) is 5.25 Å². The fourth-order valence-electron chi connectivity index (χ4n) is 2.47. The van der Waals surface area contributed by atoms with Gasteiger partial charge >= 0.3 is 0 Å². The van der Waals surface area contributed by atoms with Crippen LogP contribution in [-0.4, -0.2) is 26.0 Å².